The standard InChI is InChI=1S/C15H31NO3S/c1-4-5-6-7-8-9-10-16(3)11-14(2)15(12-16)13-20(17,18)19/h14-15H,4-13H2,1-3H3/p+1. The predicted molar refractivity (Wildman–Crippen MR) is 83.2 cm³/mol. The van der Waals surface area contributed by atoms with Gasteiger partial charge in [-0.2, -0.15) is 8.42 Å². The predicted octanol–water partition coefficient (Wildman–Crippen LogP) is 2.95. The van der Waals surface area contributed by atoms with Gasteiger partial charge < -0.3 is 4.48 Å². The summed E-state index contributed by atoms with van der Waals surface area (Å²) in [4.78, 5) is 0. The first kappa shape index (κ1) is 17.9. The van der Waals surface area contributed by atoms with Gasteiger partial charge in [0, 0.05) is 11.8 Å². The Morgan fingerprint density at radius 2 is 1.70 bits per heavy atom. The van der Waals surface area contributed by atoms with Crippen LogP contribution in [0.1, 0.15) is 52.4 Å². The molecule has 20 heavy (non-hydrogen) atoms. The smallest absolute Gasteiger partial charge is 0.265 e. The molecule has 1 saturated heterocycles. The minimum Gasteiger partial charge on any atom is -0.326 e. The molecule has 0 aromatic heterocycles. The zero-order valence-corrected chi connectivity index (χ0v) is 14.2. The molecule has 0 amide bonds. The van der Waals surface area contributed by atoms with E-state index in [0.717, 1.165) is 24.1 Å². The first-order valence-electron chi connectivity index (χ1n) is 8.04. The molecule has 1 fully saturated rings. The molecule has 3 atom stereocenters. The van der Waals surface area contributed by atoms with Gasteiger partial charge in [0.2, 0.25) is 0 Å². The fourth-order valence-corrected chi connectivity index (χ4v) is 4.58. The van der Waals surface area contributed by atoms with Crippen LogP contribution in [0, 0.1) is 11.8 Å². The number of unbranched alkanes of at least 4 members (excludes halogenated alkanes) is 5. The molecule has 1 heterocycles. The van der Waals surface area contributed by atoms with Gasteiger partial charge in [0.05, 0.1) is 32.4 Å². The molecule has 1 rings (SSSR count). The lowest BCUT2D eigenvalue weighted by atomic mass is 10.0. The number of hydrogen-bond acceptors (Lipinski definition) is 2. The van der Waals surface area contributed by atoms with Gasteiger partial charge >= 0.3 is 0 Å². The van der Waals surface area contributed by atoms with Crippen molar-refractivity contribution in [1.82, 2.24) is 0 Å². The van der Waals surface area contributed by atoms with Crippen LogP contribution in [0.4, 0.5) is 0 Å². The second kappa shape index (κ2) is 7.76. The van der Waals surface area contributed by atoms with Crippen molar-refractivity contribution in [2.24, 2.45) is 11.8 Å². The second-order valence-corrected chi connectivity index (χ2v) is 8.46. The maximum absolute atomic E-state index is 11.1. The summed E-state index contributed by atoms with van der Waals surface area (Å²) in [6, 6.07) is 0. The zero-order chi connectivity index (χ0) is 15.2. The molecule has 4 nitrogen and oxygen atoms in total. The number of hydrogen-bond donors (Lipinski definition) is 1. The van der Waals surface area contributed by atoms with Crippen LogP contribution < -0.4 is 0 Å². The van der Waals surface area contributed by atoms with Crippen LogP contribution in [-0.4, -0.2) is 49.9 Å². The van der Waals surface area contributed by atoms with Gasteiger partial charge in [0.1, 0.15) is 0 Å². The van der Waals surface area contributed by atoms with E-state index in [4.69, 9.17) is 4.55 Å². The van der Waals surface area contributed by atoms with Crippen molar-refractivity contribution >= 4 is 10.1 Å². The van der Waals surface area contributed by atoms with Crippen molar-refractivity contribution in [1.29, 1.82) is 0 Å². The minimum atomic E-state index is -3.84. The molecule has 1 aliphatic heterocycles. The third kappa shape index (κ3) is 6.55. The van der Waals surface area contributed by atoms with Crippen molar-refractivity contribution in [2.75, 3.05) is 32.4 Å². The summed E-state index contributed by atoms with van der Waals surface area (Å²) in [6.45, 7) is 7.40. The lowest BCUT2D eigenvalue weighted by Crippen LogP contribution is -2.43. The summed E-state index contributed by atoms with van der Waals surface area (Å²) in [7, 11) is -1.61. The molecule has 3 unspecified atom stereocenters. The van der Waals surface area contributed by atoms with Crippen LogP contribution in [0.5, 0.6) is 0 Å². The normalized spacial score (nSPS) is 30.8. The Morgan fingerprint density at radius 3 is 2.30 bits per heavy atom. The molecule has 1 N–H and O–H groups in total. The number of rotatable bonds is 9. The van der Waals surface area contributed by atoms with Crippen molar-refractivity contribution < 1.29 is 17.5 Å². The molecule has 120 valence electrons. The fourth-order valence-electron chi connectivity index (χ4n) is 3.61. The minimum absolute atomic E-state index is 0.0709. The van der Waals surface area contributed by atoms with Crippen molar-refractivity contribution in [3.63, 3.8) is 0 Å². The highest BCUT2D eigenvalue weighted by Crippen LogP contribution is 2.29. The van der Waals surface area contributed by atoms with Crippen molar-refractivity contribution in [3.05, 3.63) is 0 Å². The molecule has 5 heteroatoms. The highest BCUT2D eigenvalue weighted by molar-refractivity contribution is 7.85. The Morgan fingerprint density at radius 1 is 1.10 bits per heavy atom. The molecule has 1 aliphatic rings. The van der Waals surface area contributed by atoms with E-state index in [1.165, 1.54) is 38.5 Å². The van der Waals surface area contributed by atoms with Crippen LogP contribution in [0.15, 0.2) is 0 Å². The Labute approximate surface area is 124 Å². The van der Waals surface area contributed by atoms with E-state index in [-0.39, 0.29) is 11.7 Å². The van der Waals surface area contributed by atoms with Gasteiger partial charge in [-0.15, -0.1) is 0 Å². The molecule has 0 spiro atoms. The van der Waals surface area contributed by atoms with Gasteiger partial charge in [0.25, 0.3) is 10.1 Å². The maximum Gasteiger partial charge on any atom is 0.265 e. The first-order chi connectivity index (χ1) is 9.26. The highest BCUT2D eigenvalue weighted by Gasteiger charge is 2.41. The van der Waals surface area contributed by atoms with Gasteiger partial charge in [-0.05, 0) is 12.8 Å². The van der Waals surface area contributed by atoms with Crippen molar-refractivity contribution in [2.45, 2.75) is 52.4 Å². The highest BCUT2D eigenvalue weighted by atomic mass is 32.2. The van der Waals surface area contributed by atoms with Crippen LogP contribution in [0.3, 0.4) is 0 Å². The SMILES string of the molecule is CCCCCCCC[N+]1(C)CC(C)C(CS(=O)(=O)O)C1. The van der Waals surface area contributed by atoms with E-state index >= 15 is 0 Å². The van der Waals surface area contributed by atoms with Crippen LogP contribution in [0.2, 0.25) is 0 Å². The fraction of sp³-hybridized carbons (Fsp3) is 1.00. The third-order valence-electron chi connectivity index (χ3n) is 4.68. The van der Waals surface area contributed by atoms with E-state index in [1.54, 1.807) is 0 Å². The molecule has 0 radical (unpaired) electrons. The Hall–Kier alpha value is -0.130. The number of nitrogens with zero attached hydrogens (tertiary/aromatic N) is 1. The third-order valence-corrected chi connectivity index (χ3v) is 5.53. The van der Waals surface area contributed by atoms with Crippen LogP contribution >= 0.6 is 0 Å². The molecule has 0 aliphatic carbocycles. The number of likely N-dealkylation sites (tertiary alicyclic amines) is 1. The van der Waals surface area contributed by atoms with Crippen molar-refractivity contribution in [3.8, 4) is 0 Å². The molecule has 0 bridgehead atoms. The Bertz CT molecular complexity index is 383. The summed E-state index contributed by atoms with van der Waals surface area (Å²) in [6.07, 6.45) is 7.78. The maximum atomic E-state index is 11.1. The Kier molecular flexibility index (Phi) is 6.95. The summed E-state index contributed by atoms with van der Waals surface area (Å²) >= 11 is 0. The van der Waals surface area contributed by atoms with Crippen LogP contribution in [0.25, 0.3) is 0 Å². The quantitative estimate of drug-likeness (QED) is 0.405. The molecular weight excluding hydrogens is 274 g/mol. The van der Waals surface area contributed by atoms with E-state index in [0.29, 0.717) is 5.92 Å². The van der Waals surface area contributed by atoms with E-state index < -0.39 is 10.1 Å². The molecular formula is C15H32NO3S+. The Balaban J connectivity index is 2.32. The summed E-state index contributed by atoms with van der Waals surface area (Å²) < 4.78 is 32.1. The average molecular weight is 306 g/mol. The van der Waals surface area contributed by atoms with Gasteiger partial charge in [-0.1, -0.05) is 39.5 Å². The van der Waals surface area contributed by atoms with E-state index in [2.05, 4.69) is 20.9 Å². The largest absolute Gasteiger partial charge is 0.326 e. The average Bonchev–Trinajstić information content (AvgIpc) is 2.57. The summed E-state index contributed by atoms with van der Waals surface area (Å²) in [5.41, 5.74) is 0. The summed E-state index contributed by atoms with van der Waals surface area (Å²) in [5, 5.41) is 0. The summed E-state index contributed by atoms with van der Waals surface area (Å²) in [5.74, 6) is 0.413. The van der Waals surface area contributed by atoms with Gasteiger partial charge in [-0.25, -0.2) is 0 Å². The lowest BCUT2D eigenvalue weighted by molar-refractivity contribution is -0.900. The van der Waals surface area contributed by atoms with E-state index in [1.807, 2.05) is 0 Å². The van der Waals surface area contributed by atoms with Gasteiger partial charge in [-0.3, -0.25) is 4.55 Å². The zero-order valence-electron chi connectivity index (χ0n) is 13.3. The number of quaternary nitrogens is 1. The first-order valence-corrected chi connectivity index (χ1v) is 9.65. The molecule has 0 aromatic carbocycles. The monoisotopic (exact) mass is 306 g/mol. The molecule has 0 saturated carbocycles. The van der Waals surface area contributed by atoms with Gasteiger partial charge in [0.15, 0.2) is 0 Å². The second-order valence-electron chi connectivity index (χ2n) is 6.96. The lowest BCUT2D eigenvalue weighted by Gasteiger charge is -2.30. The topological polar surface area (TPSA) is 54.4 Å². The van der Waals surface area contributed by atoms with Crippen LogP contribution in [-0.2, 0) is 10.1 Å². The van der Waals surface area contributed by atoms with E-state index in [9.17, 15) is 8.42 Å². The molecule has 0 aromatic rings.